The summed E-state index contributed by atoms with van der Waals surface area (Å²) in [5.74, 6) is 0.373. The molecule has 1 aromatic carbocycles. The van der Waals surface area contributed by atoms with Gasteiger partial charge in [0.15, 0.2) is 5.89 Å². The van der Waals surface area contributed by atoms with Crippen molar-refractivity contribution in [3.05, 3.63) is 53.2 Å². The summed E-state index contributed by atoms with van der Waals surface area (Å²) in [7, 11) is 0. The quantitative estimate of drug-likeness (QED) is 0.928. The highest BCUT2D eigenvalue weighted by Crippen LogP contribution is 2.19. The first-order valence-electron chi connectivity index (χ1n) is 8.19. The molecule has 3 rings (SSSR count). The molecule has 0 aliphatic carbocycles. The van der Waals surface area contributed by atoms with E-state index in [2.05, 4.69) is 10.3 Å². The van der Waals surface area contributed by atoms with Crippen molar-refractivity contribution in [3.8, 4) is 0 Å². The molecule has 1 aliphatic rings. The molecular formula is C18H21N3O3. The van der Waals surface area contributed by atoms with Gasteiger partial charge in [-0.3, -0.25) is 9.59 Å². The third-order valence-corrected chi connectivity index (χ3v) is 4.20. The number of hydrogen-bond donors (Lipinski definition) is 1. The lowest BCUT2D eigenvalue weighted by atomic mass is 10.0. The monoisotopic (exact) mass is 327 g/mol. The summed E-state index contributed by atoms with van der Waals surface area (Å²) in [6.45, 7) is 4.59. The van der Waals surface area contributed by atoms with E-state index in [0.717, 1.165) is 5.56 Å². The Kier molecular flexibility index (Phi) is 4.64. The molecule has 6 heteroatoms. The highest BCUT2D eigenvalue weighted by molar-refractivity contribution is 5.97. The van der Waals surface area contributed by atoms with Gasteiger partial charge in [0, 0.05) is 25.9 Å². The van der Waals surface area contributed by atoms with Gasteiger partial charge in [0.1, 0.15) is 6.04 Å². The highest BCUT2D eigenvalue weighted by atomic mass is 16.4. The number of hydrogen-bond acceptors (Lipinski definition) is 4. The maximum absolute atomic E-state index is 12.9. The summed E-state index contributed by atoms with van der Waals surface area (Å²) in [6.07, 6.45) is 1.11. The standard InChI is InChI=1S/C18H21N3O3/c1-3-15-20-12(2)16(24-15)18(23)21-10-9-19-17(22)14(21)11-13-7-5-4-6-8-13/h4-8,14H,3,9-11H2,1-2H3,(H,19,22)/t14-/m0/s1. The van der Waals surface area contributed by atoms with Crippen molar-refractivity contribution in [2.24, 2.45) is 0 Å². The number of benzene rings is 1. The maximum atomic E-state index is 12.9. The smallest absolute Gasteiger partial charge is 0.292 e. The minimum Gasteiger partial charge on any atom is -0.435 e. The minimum atomic E-state index is -0.539. The molecule has 1 aromatic heterocycles. The summed E-state index contributed by atoms with van der Waals surface area (Å²) in [5, 5.41) is 2.84. The molecule has 126 valence electrons. The average molecular weight is 327 g/mol. The van der Waals surface area contributed by atoms with Gasteiger partial charge in [0.2, 0.25) is 11.7 Å². The fourth-order valence-electron chi connectivity index (χ4n) is 2.93. The Balaban J connectivity index is 1.86. The molecule has 1 saturated heterocycles. The Morgan fingerprint density at radius 3 is 2.79 bits per heavy atom. The van der Waals surface area contributed by atoms with Crippen LogP contribution in [-0.2, 0) is 17.6 Å². The number of amides is 2. The molecule has 2 amide bonds. The van der Waals surface area contributed by atoms with Gasteiger partial charge in [-0.15, -0.1) is 0 Å². The molecule has 0 bridgehead atoms. The van der Waals surface area contributed by atoms with Gasteiger partial charge in [-0.25, -0.2) is 4.98 Å². The van der Waals surface area contributed by atoms with Gasteiger partial charge in [-0.1, -0.05) is 37.3 Å². The molecule has 0 radical (unpaired) electrons. The molecule has 2 heterocycles. The lowest BCUT2D eigenvalue weighted by molar-refractivity contribution is -0.127. The number of aryl methyl sites for hydroxylation is 2. The Morgan fingerprint density at radius 2 is 2.12 bits per heavy atom. The zero-order chi connectivity index (χ0) is 17.1. The van der Waals surface area contributed by atoms with Gasteiger partial charge in [-0.05, 0) is 12.5 Å². The Morgan fingerprint density at radius 1 is 1.38 bits per heavy atom. The van der Waals surface area contributed by atoms with E-state index in [-0.39, 0.29) is 17.6 Å². The van der Waals surface area contributed by atoms with E-state index in [9.17, 15) is 9.59 Å². The van der Waals surface area contributed by atoms with Crippen LogP contribution in [0.15, 0.2) is 34.7 Å². The molecule has 1 N–H and O–H groups in total. The number of carbonyl (C=O) groups excluding carboxylic acids is 2. The van der Waals surface area contributed by atoms with Gasteiger partial charge < -0.3 is 14.6 Å². The van der Waals surface area contributed by atoms with E-state index in [1.54, 1.807) is 11.8 Å². The molecule has 0 spiro atoms. The van der Waals surface area contributed by atoms with Crippen LogP contribution in [-0.4, -0.2) is 40.8 Å². The van der Waals surface area contributed by atoms with Crippen LogP contribution in [0.2, 0.25) is 0 Å². The largest absolute Gasteiger partial charge is 0.435 e. The first-order chi connectivity index (χ1) is 11.6. The number of oxazole rings is 1. The van der Waals surface area contributed by atoms with E-state index in [1.165, 1.54) is 0 Å². The SMILES string of the molecule is CCc1nc(C)c(C(=O)N2CCNC(=O)[C@@H]2Cc2ccccc2)o1. The topological polar surface area (TPSA) is 75.4 Å². The van der Waals surface area contributed by atoms with E-state index in [1.807, 2.05) is 37.3 Å². The summed E-state index contributed by atoms with van der Waals surface area (Å²) < 4.78 is 5.58. The van der Waals surface area contributed by atoms with Crippen molar-refractivity contribution < 1.29 is 14.0 Å². The lowest BCUT2D eigenvalue weighted by Crippen LogP contribution is -2.58. The second kappa shape index (κ2) is 6.86. The second-order valence-electron chi connectivity index (χ2n) is 5.87. The maximum Gasteiger partial charge on any atom is 0.292 e. The zero-order valence-corrected chi connectivity index (χ0v) is 13.9. The summed E-state index contributed by atoms with van der Waals surface area (Å²) in [6, 6.07) is 9.16. The number of rotatable bonds is 4. The zero-order valence-electron chi connectivity index (χ0n) is 13.9. The first kappa shape index (κ1) is 16.2. The fraction of sp³-hybridized carbons (Fsp3) is 0.389. The predicted octanol–water partition coefficient (Wildman–Crippen LogP) is 1.73. The molecule has 1 fully saturated rings. The number of nitrogens with zero attached hydrogens (tertiary/aromatic N) is 2. The molecule has 24 heavy (non-hydrogen) atoms. The van der Waals surface area contributed by atoms with Crippen LogP contribution in [0.25, 0.3) is 0 Å². The Bertz CT molecular complexity index is 739. The molecule has 0 saturated carbocycles. The van der Waals surface area contributed by atoms with Crippen molar-refractivity contribution in [2.75, 3.05) is 13.1 Å². The Labute approximate surface area is 140 Å². The summed E-state index contributed by atoms with van der Waals surface area (Å²) >= 11 is 0. The molecule has 1 atom stereocenters. The molecular weight excluding hydrogens is 306 g/mol. The van der Waals surface area contributed by atoms with E-state index >= 15 is 0 Å². The molecule has 2 aromatic rings. The van der Waals surface area contributed by atoms with E-state index < -0.39 is 6.04 Å². The average Bonchev–Trinajstić information content (AvgIpc) is 2.98. The van der Waals surface area contributed by atoms with Crippen LogP contribution in [0.5, 0.6) is 0 Å². The number of nitrogens with one attached hydrogen (secondary N) is 1. The number of aromatic nitrogens is 1. The number of carbonyl (C=O) groups is 2. The van der Waals surface area contributed by atoms with Crippen molar-refractivity contribution in [1.29, 1.82) is 0 Å². The van der Waals surface area contributed by atoms with Crippen molar-refractivity contribution >= 4 is 11.8 Å². The third kappa shape index (κ3) is 3.18. The summed E-state index contributed by atoms with van der Waals surface area (Å²) in [5.41, 5.74) is 1.59. The first-order valence-corrected chi connectivity index (χ1v) is 8.19. The second-order valence-corrected chi connectivity index (χ2v) is 5.87. The summed E-state index contributed by atoms with van der Waals surface area (Å²) in [4.78, 5) is 31.1. The van der Waals surface area contributed by atoms with Crippen LogP contribution in [0.4, 0.5) is 0 Å². The van der Waals surface area contributed by atoms with E-state index in [0.29, 0.717) is 37.5 Å². The molecule has 6 nitrogen and oxygen atoms in total. The predicted molar refractivity (Wildman–Crippen MR) is 88.6 cm³/mol. The van der Waals surface area contributed by atoms with Crippen LogP contribution >= 0.6 is 0 Å². The van der Waals surface area contributed by atoms with Gasteiger partial charge in [-0.2, -0.15) is 0 Å². The minimum absolute atomic E-state index is 0.133. The van der Waals surface area contributed by atoms with Crippen LogP contribution < -0.4 is 5.32 Å². The van der Waals surface area contributed by atoms with Crippen molar-refractivity contribution in [1.82, 2.24) is 15.2 Å². The van der Waals surface area contributed by atoms with Crippen LogP contribution in [0.1, 0.15) is 34.6 Å². The van der Waals surface area contributed by atoms with Gasteiger partial charge >= 0.3 is 0 Å². The van der Waals surface area contributed by atoms with Crippen LogP contribution in [0, 0.1) is 6.92 Å². The fourth-order valence-corrected chi connectivity index (χ4v) is 2.93. The van der Waals surface area contributed by atoms with E-state index in [4.69, 9.17) is 4.42 Å². The van der Waals surface area contributed by atoms with Gasteiger partial charge in [0.25, 0.3) is 5.91 Å². The van der Waals surface area contributed by atoms with Gasteiger partial charge in [0.05, 0.1) is 5.69 Å². The molecule has 0 unspecified atom stereocenters. The Hall–Kier alpha value is -2.63. The highest BCUT2D eigenvalue weighted by Gasteiger charge is 2.35. The van der Waals surface area contributed by atoms with Crippen LogP contribution in [0.3, 0.4) is 0 Å². The number of piperazine rings is 1. The van der Waals surface area contributed by atoms with Crippen molar-refractivity contribution in [2.45, 2.75) is 32.7 Å². The lowest BCUT2D eigenvalue weighted by Gasteiger charge is -2.34. The third-order valence-electron chi connectivity index (χ3n) is 4.20. The molecule has 1 aliphatic heterocycles. The normalized spacial score (nSPS) is 17.7. The van der Waals surface area contributed by atoms with Crippen molar-refractivity contribution in [3.63, 3.8) is 0 Å².